The van der Waals surface area contributed by atoms with Gasteiger partial charge in [-0.05, 0) is 74.1 Å². The fourth-order valence-electron chi connectivity index (χ4n) is 4.57. The largest absolute Gasteiger partial charge is 0.415 e. The van der Waals surface area contributed by atoms with Gasteiger partial charge in [0.05, 0.1) is 17.3 Å². The van der Waals surface area contributed by atoms with E-state index < -0.39 is 11.7 Å². The van der Waals surface area contributed by atoms with E-state index in [0.29, 0.717) is 18.7 Å². The molecule has 3 N–H and O–H groups in total. The molecule has 230 valence electrons. The van der Waals surface area contributed by atoms with Gasteiger partial charge in [-0.1, -0.05) is 73.7 Å². The number of benzene rings is 3. The van der Waals surface area contributed by atoms with Gasteiger partial charge < -0.3 is 16.0 Å². The van der Waals surface area contributed by atoms with Crippen molar-refractivity contribution in [1.29, 1.82) is 0 Å². The molecule has 0 radical (unpaired) electrons. The first-order valence-corrected chi connectivity index (χ1v) is 14.5. The first kappa shape index (κ1) is 33.7. The van der Waals surface area contributed by atoms with E-state index in [-0.39, 0.29) is 29.8 Å². The molecule has 1 saturated carbocycles. The van der Waals surface area contributed by atoms with Crippen molar-refractivity contribution >= 4 is 11.5 Å². The minimum Gasteiger partial charge on any atom is -0.342 e. The van der Waals surface area contributed by atoms with E-state index in [1.807, 2.05) is 24.3 Å². The van der Waals surface area contributed by atoms with Crippen LogP contribution in [0.1, 0.15) is 60.9 Å². The van der Waals surface area contributed by atoms with Crippen molar-refractivity contribution in [3.63, 3.8) is 0 Å². The van der Waals surface area contributed by atoms with Gasteiger partial charge in [-0.2, -0.15) is 13.2 Å². The Bertz CT molecular complexity index is 1410. The summed E-state index contributed by atoms with van der Waals surface area (Å²) in [6, 6.07) is 22.3. The molecule has 0 aliphatic heterocycles. The number of nitrogens with one attached hydrogen (secondary N) is 1. The van der Waals surface area contributed by atoms with Crippen LogP contribution in [0, 0.1) is 18.7 Å². The standard InChI is InChI=1S/C18H20FN.C17H21F3N2O/c1-13-5-4-6-15(11-13)18(20-12-14-9-10-14)16-7-2-3-8-17(16)19;1-4-6-16(23)15(9-12(2)17(18,19)20)22(3)14-8-5-7-13(10-14)11-21/h2-8,11,14,18,20H,9-10,12H2,1H3;5,7-10H,2,4,6,11,21H2,1,3H3/b;15-9-. The minimum absolute atomic E-state index is 0.0386. The van der Waals surface area contributed by atoms with Crippen LogP contribution >= 0.6 is 0 Å². The first-order chi connectivity index (χ1) is 20.4. The van der Waals surface area contributed by atoms with Crippen molar-refractivity contribution in [2.45, 2.75) is 58.3 Å². The number of nitrogens with two attached hydrogens (primary N) is 1. The van der Waals surface area contributed by atoms with Crippen molar-refractivity contribution in [2.75, 3.05) is 18.5 Å². The third kappa shape index (κ3) is 10.2. The summed E-state index contributed by atoms with van der Waals surface area (Å²) in [5, 5.41) is 3.54. The lowest BCUT2D eigenvalue weighted by molar-refractivity contribution is -0.115. The number of rotatable bonds is 12. The zero-order chi connectivity index (χ0) is 31.6. The number of allylic oxidation sites excluding steroid dienone is 3. The van der Waals surface area contributed by atoms with Crippen LogP contribution in [0.15, 0.2) is 96.7 Å². The van der Waals surface area contributed by atoms with Crippen molar-refractivity contribution < 1.29 is 22.4 Å². The van der Waals surface area contributed by atoms with E-state index in [9.17, 15) is 22.4 Å². The fourth-order valence-corrected chi connectivity index (χ4v) is 4.57. The van der Waals surface area contributed by atoms with Crippen LogP contribution in [-0.4, -0.2) is 25.6 Å². The van der Waals surface area contributed by atoms with Crippen molar-refractivity contribution in [3.05, 3.63) is 125 Å². The maximum atomic E-state index is 14.1. The minimum atomic E-state index is -4.57. The predicted molar refractivity (Wildman–Crippen MR) is 166 cm³/mol. The van der Waals surface area contributed by atoms with E-state index in [1.54, 1.807) is 38.2 Å². The first-order valence-electron chi connectivity index (χ1n) is 14.5. The molecule has 0 spiro atoms. The van der Waals surface area contributed by atoms with E-state index in [0.717, 1.165) is 35.2 Å². The molecule has 0 amide bonds. The molecule has 8 heteroatoms. The van der Waals surface area contributed by atoms with Gasteiger partial charge in [0.2, 0.25) is 0 Å². The summed E-state index contributed by atoms with van der Waals surface area (Å²) < 4.78 is 52.4. The number of carbonyl (C=O) groups excluding carboxylic acids is 1. The summed E-state index contributed by atoms with van der Waals surface area (Å²) in [6.45, 7) is 8.15. The summed E-state index contributed by atoms with van der Waals surface area (Å²) in [5.74, 6) is 0.273. The van der Waals surface area contributed by atoms with Gasteiger partial charge in [0.1, 0.15) is 5.82 Å². The summed E-state index contributed by atoms with van der Waals surface area (Å²) in [6.07, 6.45) is -0.469. The number of hydrogen-bond acceptors (Lipinski definition) is 4. The Labute approximate surface area is 252 Å². The zero-order valence-corrected chi connectivity index (χ0v) is 25.1. The Morgan fingerprint density at radius 1 is 1.09 bits per heavy atom. The second-order valence-electron chi connectivity index (χ2n) is 10.9. The average Bonchev–Trinajstić information content (AvgIpc) is 3.81. The van der Waals surface area contributed by atoms with Crippen LogP contribution in [0.4, 0.5) is 23.2 Å². The number of hydrogen-bond donors (Lipinski definition) is 2. The van der Waals surface area contributed by atoms with E-state index in [1.165, 1.54) is 29.4 Å². The molecule has 43 heavy (non-hydrogen) atoms. The van der Waals surface area contributed by atoms with Crippen LogP contribution in [0.2, 0.25) is 0 Å². The maximum Gasteiger partial charge on any atom is 0.415 e. The van der Waals surface area contributed by atoms with Crippen molar-refractivity contribution in [3.8, 4) is 0 Å². The Hall–Kier alpha value is -3.75. The smallest absolute Gasteiger partial charge is 0.342 e. The second-order valence-corrected chi connectivity index (χ2v) is 10.9. The summed E-state index contributed by atoms with van der Waals surface area (Å²) in [7, 11) is 1.55. The number of nitrogens with zero attached hydrogens (tertiary/aromatic N) is 1. The summed E-state index contributed by atoms with van der Waals surface area (Å²) in [5.41, 5.74) is 8.98. The molecule has 0 saturated heterocycles. The van der Waals surface area contributed by atoms with Crippen LogP contribution in [-0.2, 0) is 11.3 Å². The summed E-state index contributed by atoms with van der Waals surface area (Å²) >= 11 is 0. The molecule has 1 fully saturated rings. The molecule has 0 heterocycles. The predicted octanol–water partition coefficient (Wildman–Crippen LogP) is 8.18. The van der Waals surface area contributed by atoms with Crippen molar-refractivity contribution in [1.82, 2.24) is 5.32 Å². The third-order valence-corrected chi connectivity index (χ3v) is 7.23. The van der Waals surface area contributed by atoms with Crippen molar-refractivity contribution in [2.24, 2.45) is 11.7 Å². The quantitative estimate of drug-likeness (QED) is 0.126. The van der Waals surface area contributed by atoms with Crippen LogP contribution in [0.3, 0.4) is 0 Å². The zero-order valence-electron chi connectivity index (χ0n) is 25.1. The number of ketones is 1. The highest BCUT2D eigenvalue weighted by molar-refractivity contribution is 5.99. The Kier molecular flexibility index (Phi) is 12.3. The highest BCUT2D eigenvalue weighted by atomic mass is 19.4. The number of Topliss-reactive ketones (excluding diaryl/α,β-unsaturated/α-hetero) is 1. The Morgan fingerprint density at radius 3 is 2.40 bits per heavy atom. The number of halogens is 4. The normalized spacial score (nSPS) is 14.0. The molecule has 1 aliphatic carbocycles. The molecular formula is C35H41F4N3O. The molecule has 3 aromatic rings. The summed E-state index contributed by atoms with van der Waals surface area (Å²) in [4.78, 5) is 13.7. The molecule has 4 nitrogen and oxygen atoms in total. The number of aryl methyl sites for hydroxylation is 1. The molecule has 0 bridgehead atoms. The highest BCUT2D eigenvalue weighted by Gasteiger charge is 2.32. The monoisotopic (exact) mass is 595 g/mol. The number of anilines is 1. The lowest BCUT2D eigenvalue weighted by Gasteiger charge is -2.23. The number of carbonyl (C=O) groups is 1. The van der Waals surface area contributed by atoms with Crippen LogP contribution in [0.25, 0.3) is 0 Å². The van der Waals surface area contributed by atoms with E-state index in [2.05, 4.69) is 37.0 Å². The highest BCUT2D eigenvalue weighted by Crippen LogP contribution is 2.31. The lowest BCUT2D eigenvalue weighted by Crippen LogP contribution is -2.25. The SMILES string of the molecule is C=C(/C=C(/C(=O)CCC)N(C)c1cccc(CN)c1)C(F)(F)F.Cc1cccc(C(NCC2CC2)c2ccccc2F)c1. The van der Waals surface area contributed by atoms with Crippen LogP contribution in [0.5, 0.6) is 0 Å². The fraction of sp³-hybridized carbons (Fsp3) is 0.343. The molecule has 4 rings (SSSR count). The van der Waals surface area contributed by atoms with Gasteiger partial charge >= 0.3 is 6.18 Å². The van der Waals surface area contributed by atoms with Gasteiger partial charge in [0, 0.05) is 31.3 Å². The Morgan fingerprint density at radius 2 is 1.79 bits per heavy atom. The van der Waals surface area contributed by atoms with Gasteiger partial charge in [-0.3, -0.25) is 4.79 Å². The van der Waals surface area contributed by atoms with Gasteiger partial charge in [-0.25, -0.2) is 4.39 Å². The van der Waals surface area contributed by atoms with E-state index in [4.69, 9.17) is 5.73 Å². The molecule has 1 unspecified atom stereocenters. The number of alkyl halides is 3. The van der Waals surface area contributed by atoms with Gasteiger partial charge in [-0.15, -0.1) is 0 Å². The maximum absolute atomic E-state index is 14.1. The van der Waals surface area contributed by atoms with Gasteiger partial charge in [0.25, 0.3) is 0 Å². The lowest BCUT2D eigenvalue weighted by atomic mass is 9.96. The van der Waals surface area contributed by atoms with E-state index >= 15 is 0 Å². The molecule has 1 atom stereocenters. The second kappa shape index (κ2) is 15.6. The van der Waals surface area contributed by atoms with Crippen LogP contribution < -0.4 is 16.0 Å². The third-order valence-electron chi connectivity index (χ3n) is 7.23. The average molecular weight is 596 g/mol. The van der Waals surface area contributed by atoms with Gasteiger partial charge in [0.15, 0.2) is 5.78 Å². The molecule has 3 aromatic carbocycles. The molecular weight excluding hydrogens is 554 g/mol. The number of likely N-dealkylation sites (N-methyl/N-ethyl adjacent to an activating group) is 1. The topological polar surface area (TPSA) is 58.4 Å². The molecule has 0 aromatic heterocycles. The Balaban J connectivity index is 0.000000237. The molecule has 1 aliphatic rings.